The third-order valence-corrected chi connectivity index (χ3v) is 8.36. The van der Waals surface area contributed by atoms with Gasteiger partial charge in [0.25, 0.3) is 0 Å². The number of hydrogen-bond donors (Lipinski definition) is 0. The van der Waals surface area contributed by atoms with E-state index in [4.69, 9.17) is 0 Å². The van der Waals surface area contributed by atoms with Crippen LogP contribution >= 0.6 is 17.0 Å². The van der Waals surface area contributed by atoms with Gasteiger partial charge < -0.3 is 8.97 Å². The minimum atomic E-state index is 0. The average Bonchev–Trinajstić information content (AvgIpc) is 2.88. The molecule has 0 N–H and O–H groups in total. The Morgan fingerprint density at radius 2 is 0.390 bits per heavy atom. The molecule has 0 bridgehead atoms. The molecule has 0 aliphatic carbocycles. The van der Waals surface area contributed by atoms with E-state index in [-0.39, 0.29) is 17.0 Å². The predicted molar refractivity (Wildman–Crippen MR) is 197 cm³/mol. The number of nitrogens with zero attached hydrogens (tertiary/aromatic N) is 2. The van der Waals surface area contributed by atoms with E-state index in [1.807, 2.05) is 0 Å². The highest BCUT2D eigenvalue weighted by Crippen LogP contribution is 2.14. The van der Waals surface area contributed by atoms with Crippen molar-refractivity contribution >= 4 is 17.0 Å². The molecule has 0 spiro atoms. The van der Waals surface area contributed by atoms with E-state index in [0.29, 0.717) is 0 Å². The van der Waals surface area contributed by atoms with Gasteiger partial charge in [-0.05, 0) is 25.7 Å². The Bertz CT molecular complexity index is 410. The zero-order valence-electron chi connectivity index (χ0n) is 30.5. The van der Waals surface area contributed by atoms with Crippen LogP contribution in [0, 0.1) is 0 Å². The van der Waals surface area contributed by atoms with Crippen molar-refractivity contribution in [3.63, 3.8) is 0 Å². The second-order valence-corrected chi connectivity index (χ2v) is 15.2. The van der Waals surface area contributed by atoms with Gasteiger partial charge in [-0.25, -0.2) is 0 Å². The number of rotatable bonds is 30. The lowest BCUT2D eigenvalue weighted by Crippen LogP contribution is -2.35. The van der Waals surface area contributed by atoms with Crippen molar-refractivity contribution in [1.82, 2.24) is 0 Å². The molecule has 0 amide bonds. The maximum atomic E-state index is 2.29. The van der Waals surface area contributed by atoms with Crippen molar-refractivity contribution in [2.45, 2.75) is 194 Å². The molecule has 252 valence electrons. The predicted octanol–water partition coefficient (Wildman–Crippen LogP) is 12.9. The van der Waals surface area contributed by atoms with Crippen LogP contribution in [0.15, 0.2) is 0 Å². The Balaban J connectivity index is -0.000000688. The second kappa shape index (κ2) is 34.9. The Morgan fingerprint density at radius 3 is 0.537 bits per heavy atom. The summed E-state index contributed by atoms with van der Waals surface area (Å²) in [5.74, 6) is 0. The summed E-state index contributed by atoms with van der Waals surface area (Å²) in [6, 6.07) is 0. The summed E-state index contributed by atoms with van der Waals surface area (Å²) in [5, 5.41) is 0. The molecule has 0 heterocycles. The molecule has 0 aliphatic rings. The van der Waals surface area contributed by atoms with Crippen LogP contribution in [0.4, 0.5) is 0 Å². The lowest BCUT2D eigenvalue weighted by Gasteiger charge is -2.23. The first-order chi connectivity index (χ1) is 19.1. The molecule has 0 aliphatic heterocycles. The topological polar surface area (TPSA) is 0 Å². The van der Waals surface area contributed by atoms with Gasteiger partial charge >= 0.3 is 0 Å². The summed E-state index contributed by atoms with van der Waals surface area (Å²) in [5.41, 5.74) is 0. The van der Waals surface area contributed by atoms with Crippen LogP contribution in [-0.2, 0) is 0 Å². The first-order valence-electron chi connectivity index (χ1n) is 18.7. The normalized spacial score (nSPS) is 11.7. The van der Waals surface area contributed by atoms with E-state index in [9.17, 15) is 0 Å². The molecule has 41 heavy (non-hydrogen) atoms. The number of hydrogen-bond acceptors (Lipinski definition) is 0. The highest BCUT2D eigenvalue weighted by atomic mass is 79.9. The van der Waals surface area contributed by atoms with Crippen molar-refractivity contribution in [3.05, 3.63) is 0 Å². The van der Waals surface area contributed by atoms with Gasteiger partial charge in [0.2, 0.25) is 0 Å². The Morgan fingerprint density at radius 1 is 0.244 bits per heavy atom. The molecule has 0 aromatic heterocycles. The summed E-state index contributed by atoms with van der Waals surface area (Å²) < 4.78 is 2.25. The van der Waals surface area contributed by atoms with E-state index in [1.165, 1.54) is 193 Å². The van der Waals surface area contributed by atoms with Crippen LogP contribution in [0.3, 0.4) is 0 Å². The fourth-order valence-corrected chi connectivity index (χ4v) is 5.56. The molecule has 0 atom stereocenters. The minimum Gasteiger partial charge on any atom is -0.331 e. The standard InChI is InChI=1S/2C19H42N.BrH/c2*1-5-6-7-8-9-10-11-12-13-14-15-16-17-18-19-20(2,3)4;/h2*5-19H2,1-4H3;1H/q2*+1;. The molecule has 0 unspecified atom stereocenters. The minimum absolute atomic E-state index is 0. The summed E-state index contributed by atoms with van der Waals surface area (Å²) in [4.78, 5) is 0. The maximum Gasteiger partial charge on any atom is 0.0780 e. The van der Waals surface area contributed by atoms with Crippen LogP contribution in [0.1, 0.15) is 194 Å². The largest absolute Gasteiger partial charge is 0.331 e. The lowest BCUT2D eigenvalue weighted by atomic mass is 10.0. The fraction of sp³-hybridized carbons (Fsp3) is 1.00. The van der Waals surface area contributed by atoms with Crippen molar-refractivity contribution < 1.29 is 8.97 Å². The SMILES string of the molecule is Br.CCCCCCCCCCCCCCCC[N+](C)(C)C.CCCCCCCCCCCCCCCC[N+](C)(C)C. The van der Waals surface area contributed by atoms with Crippen LogP contribution in [0.5, 0.6) is 0 Å². The van der Waals surface area contributed by atoms with E-state index in [2.05, 4.69) is 56.1 Å². The van der Waals surface area contributed by atoms with Gasteiger partial charge in [-0.2, -0.15) is 0 Å². The Hall–Kier alpha value is 0.400. The van der Waals surface area contributed by atoms with Gasteiger partial charge in [0.15, 0.2) is 0 Å². The van der Waals surface area contributed by atoms with E-state index < -0.39 is 0 Å². The van der Waals surface area contributed by atoms with Crippen LogP contribution in [-0.4, -0.2) is 64.3 Å². The highest BCUT2D eigenvalue weighted by Gasteiger charge is 2.06. The molecule has 0 saturated heterocycles. The molecule has 2 nitrogen and oxygen atoms in total. The maximum absolute atomic E-state index is 2.29. The van der Waals surface area contributed by atoms with E-state index >= 15 is 0 Å². The van der Waals surface area contributed by atoms with Crippen LogP contribution < -0.4 is 0 Å². The van der Waals surface area contributed by atoms with Crippen molar-refractivity contribution in [2.75, 3.05) is 55.4 Å². The molecular weight excluding hydrogens is 564 g/mol. The molecule has 0 rings (SSSR count). The van der Waals surface area contributed by atoms with Crippen molar-refractivity contribution in [2.24, 2.45) is 0 Å². The van der Waals surface area contributed by atoms with Gasteiger partial charge in [0.1, 0.15) is 0 Å². The van der Waals surface area contributed by atoms with Crippen molar-refractivity contribution in [1.29, 1.82) is 0 Å². The van der Waals surface area contributed by atoms with Gasteiger partial charge in [-0.1, -0.05) is 168 Å². The monoisotopic (exact) mass is 649 g/mol. The molecular formula is C38H85BrN2+2. The van der Waals surface area contributed by atoms with Crippen LogP contribution in [0.2, 0.25) is 0 Å². The van der Waals surface area contributed by atoms with Crippen LogP contribution in [0.25, 0.3) is 0 Å². The Labute approximate surface area is 274 Å². The molecule has 0 aromatic carbocycles. The van der Waals surface area contributed by atoms with Gasteiger partial charge in [0, 0.05) is 0 Å². The number of halogens is 1. The quantitative estimate of drug-likeness (QED) is 0.0536. The zero-order chi connectivity index (χ0) is 30.2. The molecule has 3 heteroatoms. The summed E-state index contributed by atoms with van der Waals surface area (Å²) >= 11 is 0. The van der Waals surface area contributed by atoms with E-state index in [0.717, 1.165) is 8.97 Å². The molecule has 0 saturated carbocycles. The smallest absolute Gasteiger partial charge is 0.0780 e. The first-order valence-corrected chi connectivity index (χ1v) is 18.7. The molecule has 0 aromatic rings. The van der Waals surface area contributed by atoms with Gasteiger partial charge in [0.05, 0.1) is 55.4 Å². The van der Waals surface area contributed by atoms with Gasteiger partial charge in [-0.15, -0.1) is 17.0 Å². The van der Waals surface area contributed by atoms with Gasteiger partial charge in [-0.3, -0.25) is 0 Å². The fourth-order valence-electron chi connectivity index (χ4n) is 5.56. The summed E-state index contributed by atoms with van der Waals surface area (Å²) in [6.45, 7) is 7.25. The van der Waals surface area contributed by atoms with E-state index in [1.54, 1.807) is 0 Å². The number of quaternary nitrogens is 2. The first kappa shape index (κ1) is 45.8. The average molecular weight is 650 g/mol. The molecule has 0 fully saturated rings. The number of unbranched alkanes of at least 4 members (excludes halogenated alkanes) is 26. The van der Waals surface area contributed by atoms with Crippen molar-refractivity contribution in [3.8, 4) is 0 Å². The third kappa shape index (κ3) is 50.3. The summed E-state index contributed by atoms with van der Waals surface area (Å²) in [6.07, 6.45) is 40.7. The second-order valence-electron chi connectivity index (χ2n) is 15.2. The summed E-state index contributed by atoms with van der Waals surface area (Å²) in [7, 11) is 13.8. The zero-order valence-corrected chi connectivity index (χ0v) is 32.2. The highest BCUT2D eigenvalue weighted by molar-refractivity contribution is 8.93. The Kier molecular flexibility index (Phi) is 39.0. The third-order valence-electron chi connectivity index (χ3n) is 8.36. The molecule has 0 radical (unpaired) electrons. The lowest BCUT2D eigenvalue weighted by molar-refractivity contribution is -0.870.